The number of rotatable bonds is 3. The van der Waals surface area contributed by atoms with Gasteiger partial charge in [-0.05, 0) is 19.1 Å². The molecule has 2 aromatic carbocycles. The average molecular weight is 292 g/mol. The number of nitriles is 1. The zero-order valence-electron chi connectivity index (χ0n) is 12.0. The van der Waals surface area contributed by atoms with Crippen LogP contribution in [0.5, 0.6) is 0 Å². The maximum atomic E-state index is 13.8. The molecule has 22 heavy (non-hydrogen) atoms. The van der Waals surface area contributed by atoms with Gasteiger partial charge in [-0.1, -0.05) is 47.2 Å². The summed E-state index contributed by atoms with van der Waals surface area (Å²) in [5, 5.41) is 17.1. The maximum Gasteiger partial charge on any atom is 0.190 e. The van der Waals surface area contributed by atoms with Gasteiger partial charge in [0, 0.05) is 11.1 Å². The highest BCUT2D eigenvalue weighted by Gasteiger charge is 2.16. The molecular formula is C17H13FN4. The summed E-state index contributed by atoms with van der Waals surface area (Å²) in [4.78, 5) is 0. The van der Waals surface area contributed by atoms with Crippen molar-refractivity contribution in [2.75, 3.05) is 0 Å². The zero-order valence-corrected chi connectivity index (χ0v) is 12.0. The van der Waals surface area contributed by atoms with Gasteiger partial charge in [-0.2, -0.15) is 5.26 Å². The number of hydrogen-bond donors (Lipinski definition) is 0. The first-order valence-electron chi connectivity index (χ1n) is 6.83. The van der Waals surface area contributed by atoms with E-state index in [-0.39, 0.29) is 18.1 Å². The Bertz CT molecular complexity index is 861. The molecule has 3 rings (SSSR count). The molecule has 3 aromatic rings. The molecule has 0 amide bonds. The SMILES string of the molecule is Cc1cccc(-c2c(C#N)nnn2Cc2ccccc2F)c1. The van der Waals surface area contributed by atoms with Crippen molar-refractivity contribution >= 4 is 0 Å². The Balaban J connectivity index is 2.09. The summed E-state index contributed by atoms with van der Waals surface area (Å²) in [5.74, 6) is -0.299. The van der Waals surface area contributed by atoms with E-state index in [0.29, 0.717) is 11.3 Å². The minimum absolute atomic E-state index is 0.227. The van der Waals surface area contributed by atoms with Gasteiger partial charge >= 0.3 is 0 Å². The Morgan fingerprint density at radius 2 is 2.00 bits per heavy atom. The van der Waals surface area contributed by atoms with Gasteiger partial charge in [0.05, 0.1) is 6.54 Å². The van der Waals surface area contributed by atoms with Gasteiger partial charge in [-0.15, -0.1) is 5.10 Å². The van der Waals surface area contributed by atoms with Crippen LogP contribution in [0, 0.1) is 24.1 Å². The second-order valence-corrected chi connectivity index (χ2v) is 5.02. The lowest BCUT2D eigenvalue weighted by atomic mass is 10.1. The number of nitrogens with zero attached hydrogens (tertiary/aromatic N) is 4. The Labute approximate surface area is 127 Å². The minimum Gasteiger partial charge on any atom is -0.239 e. The second kappa shape index (κ2) is 5.78. The van der Waals surface area contributed by atoms with E-state index in [1.807, 2.05) is 37.3 Å². The van der Waals surface area contributed by atoms with Gasteiger partial charge in [0.25, 0.3) is 0 Å². The van der Waals surface area contributed by atoms with E-state index in [1.165, 1.54) is 6.07 Å². The summed E-state index contributed by atoms with van der Waals surface area (Å²) in [6, 6.07) is 16.3. The van der Waals surface area contributed by atoms with E-state index < -0.39 is 0 Å². The summed E-state index contributed by atoms with van der Waals surface area (Å²) in [5.41, 5.74) is 3.26. The first-order chi connectivity index (χ1) is 10.7. The summed E-state index contributed by atoms with van der Waals surface area (Å²) < 4.78 is 15.4. The standard InChI is InChI=1S/C17H13FN4/c1-12-5-4-7-13(9-12)17-16(10-19)20-21-22(17)11-14-6-2-3-8-15(14)18/h2-9H,11H2,1H3. The van der Waals surface area contributed by atoms with E-state index in [2.05, 4.69) is 10.3 Å². The number of aryl methyl sites for hydroxylation is 1. The molecule has 0 radical (unpaired) electrons. The molecule has 0 saturated carbocycles. The van der Waals surface area contributed by atoms with Crippen molar-refractivity contribution < 1.29 is 4.39 Å². The van der Waals surface area contributed by atoms with E-state index in [9.17, 15) is 9.65 Å². The van der Waals surface area contributed by atoms with Crippen LogP contribution in [-0.2, 0) is 6.54 Å². The largest absolute Gasteiger partial charge is 0.239 e. The molecule has 4 nitrogen and oxygen atoms in total. The summed E-state index contributed by atoms with van der Waals surface area (Å²) in [6.07, 6.45) is 0. The zero-order chi connectivity index (χ0) is 15.5. The molecule has 0 bridgehead atoms. The van der Waals surface area contributed by atoms with Crippen LogP contribution in [0.25, 0.3) is 11.3 Å². The molecule has 0 saturated heterocycles. The molecule has 0 aliphatic rings. The monoisotopic (exact) mass is 292 g/mol. The highest BCUT2D eigenvalue weighted by molar-refractivity contribution is 5.65. The van der Waals surface area contributed by atoms with Crippen molar-refractivity contribution in [2.24, 2.45) is 0 Å². The Hall–Kier alpha value is -3.00. The van der Waals surface area contributed by atoms with Crippen LogP contribution >= 0.6 is 0 Å². The molecule has 0 spiro atoms. The molecule has 0 atom stereocenters. The van der Waals surface area contributed by atoms with Crippen LogP contribution in [0.2, 0.25) is 0 Å². The Morgan fingerprint density at radius 3 is 2.73 bits per heavy atom. The van der Waals surface area contributed by atoms with Crippen LogP contribution in [0.1, 0.15) is 16.8 Å². The van der Waals surface area contributed by atoms with Gasteiger partial charge < -0.3 is 0 Å². The van der Waals surface area contributed by atoms with Crippen molar-refractivity contribution in [2.45, 2.75) is 13.5 Å². The predicted octanol–water partition coefficient (Wildman–Crippen LogP) is 3.31. The van der Waals surface area contributed by atoms with Crippen molar-refractivity contribution in [3.05, 3.63) is 71.2 Å². The fourth-order valence-corrected chi connectivity index (χ4v) is 2.37. The molecule has 108 valence electrons. The van der Waals surface area contributed by atoms with Crippen molar-refractivity contribution in [3.8, 4) is 17.3 Å². The normalized spacial score (nSPS) is 10.4. The highest BCUT2D eigenvalue weighted by atomic mass is 19.1. The lowest BCUT2D eigenvalue weighted by Gasteiger charge is -2.08. The van der Waals surface area contributed by atoms with Crippen LogP contribution in [-0.4, -0.2) is 15.0 Å². The number of benzene rings is 2. The van der Waals surface area contributed by atoms with Crippen LogP contribution < -0.4 is 0 Å². The maximum absolute atomic E-state index is 13.8. The van der Waals surface area contributed by atoms with Gasteiger partial charge in [0.1, 0.15) is 17.6 Å². The Kier molecular flexibility index (Phi) is 3.67. The Morgan fingerprint density at radius 1 is 1.18 bits per heavy atom. The summed E-state index contributed by atoms with van der Waals surface area (Å²) in [6.45, 7) is 2.20. The van der Waals surface area contributed by atoms with Gasteiger partial charge in [-0.25, -0.2) is 9.07 Å². The van der Waals surface area contributed by atoms with Crippen LogP contribution in [0.15, 0.2) is 48.5 Å². The highest BCUT2D eigenvalue weighted by Crippen LogP contribution is 2.24. The first-order valence-corrected chi connectivity index (χ1v) is 6.83. The van der Waals surface area contributed by atoms with Gasteiger partial charge in [-0.3, -0.25) is 0 Å². The molecule has 1 heterocycles. The molecule has 0 aliphatic heterocycles. The molecule has 1 aromatic heterocycles. The average Bonchev–Trinajstić information content (AvgIpc) is 2.92. The van der Waals surface area contributed by atoms with Crippen molar-refractivity contribution in [3.63, 3.8) is 0 Å². The predicted molar refractivity (Wildman–Crippen MR) is 80.4 cm³/mol. The topological polar surface area (TPSA) is 54.5 Å². The third-order valence-electron chi connectivity index (χ3n) is 3.41. The number of halogens is 1. The fraction of sp³-hybridized carbons (Fsp3) is 0.118. The van der Waals surface area contributed by atoms with E-state index in [1.54, 1.807) is 22.9 Å². The van der Waals surface area contributed by atoms with Crippen molar-refractivity contribution in [1.29, 1.82) is 5.26 Å². The minimum atomic E-state index is -0.299. The third kappa shape index (κ3) is 2.59. The van der Waals surface area contributed by atoms with E-state index in [4.69, 9.17) is 0 Å². The van der Waals surface area contributed by atoms with Gasteiger partial charge in [0.15, 0.2) is 5.69 Å². The van der Waals surface area contributed by atoms with Crippen LogP contribution in [0.3, 0.4) is 0 Å². The number of hydrogen-bond acceptors (Lipinski definition) is 3. The molecule has 0 N–H and O–H groups in total. The van der Waals surface area contributed by atoms with E-state index >= 15 is 0 Å². The van der Waals surface area contributed by atoms with Crippen molar-refractivity contribution in [1.82, 2.24) is 15.0 Å². The molecule has 0 unspecified atom stereocenters. The third-order valence-corrected chi connectivity index (χ3v) is 3.41. The van der Waals surface area contributed by atoms with Crippen LogP contribution in [0.4, 0.5) is 4.39 Å². The second-order valence-electron chi connectivity index (χ2n) is 5.02. The molecule has 0 aliphatic carbocycles. The summed E-state index contributed by atoms with van der Waals surface area (Å²) >= 11 is 0. The van der Waals surface area contributed by atoms with E-state index in [0.717, 1.165) is 11.1 Å². The fourth-order valence-electron chi connectivity index (χ4n) is 2.37. The number of aromatic nitrogens is 3. The molecular weight excluding hydrogens is 279 g/mol. The molecule has 0 fully saturated rings. The lowest BCUT2D eigenvalue weighted by Crippen LogP contribution is -2.06. The quantitative estimate of drug-likeness (QED) is 0.744. The molecule has 5 heteroatoms. The smallest absolute Gasteiger partial charge is 0.190 e. The van der Waals surface area contributed by atoms with Gasteiger partial charge in [0.2, 0.25) is 0 Å². The summed E-state index contributed by atoms with van der Waals surface area (Å²) in [7, 11) is 0. The lowest BCUT2D eigenvalue weighted by molar-refractivity contribution is 0.579. The first kappa shape index (κ1) is 14.0.